The van der Waals surface area contributed by atoms with Gasteiger partial charge in [0.05, 0.1) is 12.3 Å². The van der Waals surface area contributed by atoms with Gasteiger partial charge in [0, 0.05) is 26.2 Å². The summed E-state index contributed by atoms with van der Waals surface area (Å²) in [6, 6.07) is 0. The van der Waals surface area contributed by atoms with E-state index in [0.717, 1.165) is 39.0 Å². The second-order valence-electron chi connectivity index (χ2n) is 4.28. The molecule has 2 aliphatic rings. The van der Waals surface area contributed by atoms with Crippen molar-refractivity contribution >= 4 is 0 Å². The summed E-state index contributed by atoms with van der Waals surface area (Å²) in [5.74, 6) is 0. The maximum atomic E-state index is 3.45. The van der Waals surface area contributed by atoms with E-state index >= 15 is 0 Å². The topological polar surface area (TPSA) is 48.1 Å². The smallest absolute Gasteiger partial charge is 0.0610 e. The molecule has 15 heavy (non-hydrogen) atoms. The zero-order chi connectivity index (χ0) is 10.5. The van der Waals surface area contributed by atoms with Gasteiger partial charge in [0.1, 0.15) is 0 Å². The van der Waals surface area contributed by atoms with E-state index in [4.69, 9.17) is 0 Å². The Bertz CT molecular complexity index is 195. The molecule has 4 N–H and O–H groups in total. The Morgan fingerprint density at radius 2 is 1.33 bits per heavy atom. The molecule has 2 heterocycles. The fraction of sp³-hybridized carbons (Fsp3) is 0.818. The normalized spacial score (nSPS) is 23.5. The van der Waals surface area contributed by atoms with Gasteiger partial charge in [-0.25, -0.2) is 0 Å². The highest BCUT2D eigenvalue weighted by molar-refractivity contribution is 5.06. The summed E-state index contributed by atoms with van der Waals surface area (Å²) in [6.07, 6.45) is 5.46. The number of hydrogen-bond acceptors (Lipinski definition) is 4. The van der Waals surface area contributed by atoms with Crippen LogP contribution in [0.3, 0.4) is 0 Å². The largest absolute Gasteiger partial charge is 0.300 e. The van der Waals surface area contributed by atoms with Gasteiger partial charge in [0.2, 0.25) is 0 Å². The highest BCUT2D eigenvalue weighted by atomic mass is 15.2. The lowest BCUT2D eigenvalue weighted by molar-refractivity contribution is 0.499. The predicted molar refractivity (Wildman–Crippen MR) is 62.6 cm³/mol. The second kappa shape index (κ2) is 5.61. The Morgan fingerprint density at radius 3 is 1.67 bits per heavy atom. The first-order chi connectivity index (χ1) is 7.38. The van der Waals surface area contributed by atoms with E-state index in [1.165, 1.54) is 5.57 Å². The molecule has 0 unspecified atom stereocenters. The van der Waals surface area contributed by atoms with Crippen molar-refractivity contribution in [2.45, 2.75) is 32.1 Å². The van der Waals surface area contributed by atoms with Crippen LogP contribution < -0.4 is 21.3 Å². The minimum absolute atomic E-state index is 0.484. The van der Waals surface area contributed by atoms with E-state index in [1.807, 2.05) is 0 Å². The van der Waals surface area contributed by atoms with Gasteiger partial charge in [-0.2, -0.15) is 0 Å². The van der Waals surface area contributed by atoms with Crippen LogP contribution in [-0.2, 0) is 0 Å². The van der Waals surface area contributed by atoms with Gasteiger partial charge in [-0.05, 0) is 19.8 Å². The highest BCUT2D eigenvalue weighted by Gasteiger charge is 2.18. The van der Waals surface area contributed by atoms with Gasteiger partial charge in [0.15, 0.2) is 0 Å². The zero-order valence-corrected chi connectivity index (χ0v) is 9.47. The zero-order valence-electron chi connectivity index (χ0n) is 9.47. The van der Waals surface area contributed by atoms with E-state index in [2.05, 4.69) is 34.3 Å². The van der Waals surface area contributed by atoms with Crippen LogP contribution in [0.25, 0.3) is 0 Å². The van der Waals surface area contributed by atoms with Crippen LogP contribution in [-0.4, -0.2) is 38.5 Å². The molecule has 4 nitrogen and oxygen atoms in total. The monoisotopic (exact) mass is 210 g/mol. The number of allylic oxidation sites excluding steroid dienone is 1. The number of rotatable bonds is 4. The van der Waals surface area contributed by atoms with E-state index in [1.54, 1.807) is 0 Å². The Hall–Kier alpha value is -0.420. The summed E-state index contributed by atoms with van der Waals surface area (Å²) in [7, 11) is 0. The highest BCUT2D eigenvalue weighted by Crippen LogP contribution is 2.13. The molecular formula is C11H22N4. The quantitative estimate of drug-likeness (QED) is 0.483. The van der Waals surface area contributed by atoms with Gasteiger partial charge in [0.25, 0.3) is 0 Å². The first-order valence-electron chi connectivity index (χ1n) is 5.96. The van der Waals surface area contributed by atoms with Gasteiger partial charge in [-0.1, -0.05) is 11.6 Å². The molecule has 0 bridgehead atoms. The van der Waals surface area contributed by atoms with Crippen molar-refractivity contribution in [2.75, 3.05) is 26.2 Å². The minimum Gasteiger partial charge on any atom is -0.300 e. The first-order valence-corrected chi connectivity index (χ1v) is 5.96. The van der Waals surface area contributed by atoms with Crippen LogP contribution in [0.4, 0.5) is 0 Å². The van der Waals surface area contributed by atoms with Gasteiger partial charge in [-0.15, -0.1) is 0 Å². The molecule has 0 spiro atoms. The van der Waals surface area contributed by atoms with Crippen LogP contribution in [0.2, 0.25) is 0 Å². The summed E-state index contributed by atoms with van der Waals surface area (Å²) < 4.78 is 0. The molecule has 0 radical (unpaired) electrons. The molecule has 2 saturated heterocycles. The second-order valence-corrected chi connectivity index (χ2v) is 4.28. The summed E-state index contributed by atoms with van der Waals surface area (Å²) >= 11 is 0. The summed E-state index contributed by atoms with van der Waals surface area (Å²) in [5, 5.41) is 13.8. The summed E-state index contributed by atoms with van der Waals surface area (Å²) in [5.41, 5.74) is 1.52. The van der Waals surface area contributed by atoms with Crippen molar-refractivity contribution in [1.82, 2.24) is 21.3 Å². The fourth-order valence-electron chi connectivity index (χ4n) is 2.26. The lowest BCUT2D eigenvalue weighted by Gasteiger charge is -2.17. The van der Waals surface area contributed by atoms with Crippen molar-refractivity contribution in [3.63, 3.8) is 0 Å². The lowest BCUT2D eigenvalue weighted by atomic mass is 10.1. The Balaban J connectivity index is 1.76. The van der Waals surface area contributed by atoms with Crippen molar-refractivity contribution in [1.29, 1.82) is 0 Å². The first kappa shape index (κ1) is 11.1. The van der Waals surface area contributed by atoms with Crippen molar-refractivity contribution < 1.29 is 0 Å². The molecule has 0 aromatic rings. The Labute approximate surface area is 91.9 Å². The SMILES string of the molecule is CC=C(CC1NCCN1)CC1NCCN1. The molecule has 2 aliphatic heterocycles. The van der Waals surface area contributed by atoms with Crippen molar-refractivity contribution in [3.05, 3.63) is 11.6 Å². The fourth-order valence-corrected chi connectivity index (χ4v) is 2.26. The van der Waals surface area contributed by atoms with E-state index in [0.29, 0.717) is 12.3 Å². The number of nitrogens with one attached hydrogen (secondary N) is 4. The van der Waals surface area contributed by atoms with E-state index < -0.39 is 0 Å². The molecule has 0 aromatic heterocycles. The van der Waals surface area contributed by atoms with Crippen LogP contribution in [0, 0.1) is 0 Å². The molecule has 0 aliphatic carbocycles. The van der Waals surface area contributed by atoms with E-state index in [-0.39, 0.29) is 0 Å². The van der Waals surface area contributed by atoms with Gasteiger partial charge >= 0.3 is 0 Å². The average molecular weight is 210 g/mol. The maximum absolute atomic E-state index is 3.45. The Morgan fingerprint density at radius 1 is 0.933 bits per heavy atom. The molecule has 0 amide bonds. The van der Waals surface area contributed by atoms with Crippen LogP contribution in [0.5, 0.6) is 0 Å². The van der Waals surface area contributed by atoms with Crippen molar-refractivity contribution in [3.8, 4) is 0 Å². The third kappa shape index (κ3) is 3.28. The van der Waals surface area contributed by atoms with Gasteiger partial charge < -0.3 is 21.3 Å². The predicted octanol–water partition coefficient (Wildman–Crippen LogP) is -0.249. The van der Waals surface area contributed by atoms with Crippen LogP contribution in [0.15, 0.2) is 11.6 Å². The lowest BCUT2D eigenvalue weighted by Crippen LogP contribution is -2.34. The molecule has 0 saturated carbocycles. The molecule has 2 rings (SSSR count). The summed E-state index contributed by atoms with van der Waals surface area (Å²) in [6.45, 7) is 6.53. The molecule has 0 atom stereocenters. The van der Waals surface area contributed by atoms with Crippen LogP contribution >= 0.6 is 0 Å². The summed E-state index contributed by atoms with van der Waals surface area (Å²) in [4.78, 5) is 0. The minimum atomic E-state index is 0.484. The van der Waals surface area contributed by atoms with Crippen LogP contribution in [0.1, 0.15) is 19.8 Å². The Kier molecular flexibility index (Phi) is 4.14. The molecule has 2 fully saturated rings. The third-order valence-electron chi connectivity index (χ3n) is 3.15. The van der Waals surface area contributed by atoms with Crippen molar-refractivity contribution in [2.24, 2.45) is 0 Å². The standard InChI is InChI=1S/C11H22N4/c1-2-9(7-10-12-3-4-13-10)8-11-14-5-6-15-11/h2,10-15H,3-8H2,1H3. The third-order valence-corrected chi connectivity index (χ3v) is 3.15. The molecule has 86 valence electrons. The average Bonchev–Trinajstić information content (AvgIpc) is 2.89. The number of hydrogen-bond donors (Lipinski definition) is 4. The van der Waals surface area contributed by atoms with Gasteiger partial charge in [-0.3, -0.25) is 0 Å². The molecule has 0 aromatic carbocycles. The maximum Gasteiger partial charge on any atom is 0.0610 e. The molecule has 4 heteroatoms. The molecular weight excluding hydrogens is 188 g/mol. The van der Waals surface area contributed by atoms with E-state index in [9.17, 15) is 0 Å².